The Morgan fingerprint density at radius 3 is 2.86 bits per heavy atom. The topological polar surface area (TPSA) is 41.6 Å². The summed E-state index contributed by atoms with van der Waals surface area (Å²) in [5.74, 6) is 0.823. The predicted molar refractivity (Wildman–Crippen MR) is 60.0 cm³/mol. The lowest BCUT2D eigenvalue weighted by molar-refractivity contribution is 1.02. The summed E-state index contributed by atoms with van der Waals surface area (Å²) < 4.78 is 0.643. The standard InChI is InChI=1S/C9H9N3S2/c1-5-8(7-3-14-4-10-7)11-6(2)12-9(5)13/h3-4H,1-2H3,(H,11,12,13). The largest absolute Gasteiger partial charge is 0.342 e. The van der Waals surface area contributed by atoms with Gasteiger partial charge in [-0.25, -0.2) is 9.97 Å². The number of hydrogen-bond acceptors (Lipinski definition) is 4. The van der Waals surface area contributed by atoms with Crippen LogP contribution in [0.4, 0.5) is 0 Å². The van der Waals surface area contributed by atoms with E-state index < -0.39 is 0 Å². The SMILES string of the molecule is Cc1nc(=S)c(C)c(-c2cscn2)[nH]1. The number of hydrogen-bond donors (Lipinski definition) is 1. The maximum absolute atomic E-state index is 5.15. The van der Waals surface area contributed by atoms with Gasteiger partial charge >= 0.3 is 0 Å². The number of nitrogens with one attached hydrogen (secondary N) is 1. The Balaban J connectivity index is 2.70. The van der Waals surface area contributed by atoms with Crippen LogP contribution in [0.15, 0.2) is 10.9 Å². The Morgan fingerprint density at radius 2 is 2.21 bits per heavy atom. The van der Waals surface area contributed by atoms with Gasteiger partial charge in [0.1, 0.15) is 10.5 Å². The number of rotatable bonds is 1. The van der Waals surface area contributed by atoms with E-state index in [1.54, 1.807) is 16.8 Å². The van der Waals surface area contributed by atoms with Crippen molar-refractivity contribution >= 4 is 23.6 Å². The molecule has 3 nitrogen and oxygen atoms in total. The minimum absolute atomic E-state index is 0.643. The minimum Gasteiger partial charge on any atom is -0.342 e. The molecule has 2 aromatic heterocycles. The van der Waals surface area contributed by atoms with Crippen LogP contribution in [0.3, 0.4) is 0 Å². The van der Waals surface area contributed by atoms with Crippen molar-refractivity contribution < 1.29 is 0 Å². The van der Waals surface area contributed by atoms with E-state index in [1.165, 1.54) is 0 Å². The summed E-state index contributed by atoms with van der Waals surface area (Å²) in [6.45, 7) is 3.85. The number of aryl methyl sites for hydroxylation is 1. The van der Waals surface area contributed by atoms with Gasteiger partial charge in [-0.05, 0) is 13.8 Å². The first-order valence-corrected chi connectivity index (χ1v) is 5.49. The summed E-state index contributed by atoms with van der Waals surface area (Å²) in [6.07, 6.45) is 0. The van der Waals surface area contributed by atoms with Crippen LogP contribution in [0, 0.1) is 18.5 Å². The highest BCUT2D eigenvalue weighted by atomic mass is 32.1. The summed E-state index contributed by atoms with van der Waals surface area (Å²) in [5, 5.41) is 1.99. The van der Waals surface area contributed by atoms with Gasteiger partial charge in [0, 0.05) is 10.9 Å². The molecule has 5 heteroatoms. The van der Waals surface area contributed by atoms with E-state index in [-0.39, 0.29) is 0 Å². The lowest BCUT2D eigenvalue weighted by atomic mass is 10.2. The van der Waals surface area contributed by atoms with Crippen molar-refractivity contribution in [3.8, 4) is 11.4 Å². The zero-order valence-corrected chi connectivity index (χ0v) is 9.50. The average Bonchev–Trinajstić information content (AvgIpc) is 2.63. The fraction of sp³-hybridized carbons (Fsp3) is 0.222. The van der Waals surface area contributed by atoms with Gasteiger partial charge in [-0.2, -0.15) is 0 Å². The van der Waals surface area contributed by atoms with Crippen LogP contribution >= 0.6 is 23.6 Å². The van der Waals surface area contributed by atoms with Crippen molar-refractivity contribution in [2.75, 3.05) is 0 Å². The van der Waals surface area contributed by atoms with Crippen molar-refractivity contribution in [2.45, 2.75) is 13.8 Å². The van der Waals surface area contributed by atoms with Gasteiger partial charge in [0.2, 0.25) is 0 Å². The molecule has 2 aromatic rings. The quantitative estimate of drug-likeness (QED) is 0.756. The van der Waals surface area contributed by atoms with Gasteiger partial charge < -0.3 is 4.98 Å². The first kappa shape index (κ1) is 9.48. The Hall–Kier alpha value is -1.07. The Labute approximate surface area is 90.9 Å². The Morgan fingerprint density at radius 1 is 1.43 bits per heavy atom. The second-order valence-corrected chi connectivity index (χ2v) is 4.11. The molecule has 14 heavy (non-hydrogen) atoms. The molecule has 0 saturated carbocycles. The predicted octanol–water partition coefficient (Wildman–Crippen LogP) is 2.88. The fourth-order valence-corrected chi connectivity index (χ4v) is 2.02. The van der Waals surface area contributed by atoms with E-state index in [1.807, 2.05) is 19.2 Å². The van der Waals surface area contributed by atoms with Crippen LogP contribution in [0.25, 0.3) is 11.4 Å². The molecule has 0 aromatic carbocycles. The lowest BCUT2D eigenvalue weighted by Gasteiger charge is -2.04. The molecule has 0 aliphatic rings. The summed E-state index contributed by atoms with van der Waals surface area (Å²) in [7, 11) is 0. The number of aromatic amines is 1. The second-order valence-electron chi connectivity index (χ2n) is 3.00. The maximum Gasteiger partial charge on any atom is 0.133 e. The van der Waals surface area contributed by atoms with Crippen molar-refractivity contribution in [3.63, 3.8) is 0 Å². The van der Waals surface area contributed by atoms with E-state index in [0.29, 0.717) is 4.64 Å². The molecular formula is C9H9N3S2. The first-order chi connectivity index (χ1) is 6.68. The Kier molecular flexibility index (Phi) is 2.43. The molecule has 0 spiro atoms. The molecule has 0 saturated heterocycles. The summed E-state index contributed by atoms with van der Waals surface area (Å²) in [6, 6.07) is 0. The zero-order valence-electron chi connectivity index (χ0n) is 7.87. The van der Waals surface area contributed by atoms with Gasteiger partial charge in [-0.15, -0.1) is 11.3 Å². The Bertz CT molecular complexity index is 499. The van der Waals surface area contributed by atoms with Crippen LogP contribution in [0.1, 0.15) is 11.4 Å². The molecule has 0 fully saturated rings. The highest BCUT2D eigenvalue weighted by Crippen LogP contribution is 2.20. The normalized spacial score (nSPS) is 10.4. The molecule has 0 bridgehead atoms. The van der Waals surface area contributed by atoms with Gasteiger partial charge in [-0.3, -0.25) is 0 Å². The van der Waals surface area contributed by atoms with Crippen molar-refractivity contribution in [1.82, 2.24) is 15.0 Å². The lowest BCUT2D eigenvalue weighted by Crippen LogP contribution is -1.96. The first-order valence-electron chi connectivity index (χ1n) is 4.14. The number of nitrogens with zero attached hydrogens (tertiary/aromatic N) is 2. The molecule has 0 amide bonds. The molecule has 0 atom stereocenters. The van der Waals surface area contributed by atoms with Crippen LogP contribution in [-0.4, -0.2) is 15.0 Å². The monoisotopic (exact) mass is 223 g/mol. The smallest absolute Gasteiger partial charge is 0.133 e. The van der Waals surface area contributed by atoms with Crippen LogP contribution in [-0.2, 0) is 0 Å². The molecular weight excluding hydrogens is 214 g/mol. The number of thiazole rings is 1. The van der Waals surface area contributed by atoms with Crippen molar-refractivity contribution in [3.05, 3.63) is 26.9 Å². The third-order valence-electron chi connectivity index (χ3n) is 1.96. The number of H-pyrrole nitrogens is 1. The molecule has 2 rings (SSSR count). The van der Waals surface area contributed by atoms with Crippen LogP contribution < -0.4 is 0 Å². The van der Waals surface area contributed by atoms with Crippen LogP contribution in [0.5, 0.6) is 0 Å². The summed E-state index contributed by atoms with van der Waals surface area (Å²) in [5.41, 5.74) is 4.70. The molecule has 0 aliphatic carbocycles. The summed E-state index contributed by atoms with van der Waals surface area (Å²) >= 11 is 6.72. The maximum atomic E-state index is 5.15. The zero-order chi connectivity index (χ0) is 10.1. The fourth-order valence-electron chi connectivity index (χ4n) is 1.24. The minimum atomic E-state index is 0.643. The summed E-state index contributed by atoms with van der Waals surface area (Å²) in [4.78, 5) is 11.6. The van der Waals surface area contributed by atoms with Crippen LogP contribution in [0.2, 0.25) is 0 Å². The average molecular weight is 223 g/mol. The van der Waals surface area contributed by atoms with E-state index in [4.69, 9.17) is 12.2 Å². The third-order valence-corrected chi connectivity index (χ3v) is 2.94. The number of aromatic nitrogens is 3. The third kappa shape index (κ3) is 1.60. The molecule has 0 radical (unpaired) electrons. The van der Waals surface area contributed by atoms with E-state index in [9.17, 15) is 0 Å². The van der Waals surface area contributed by atoms with Gasteiger partial charge in [0.25, 0.3) is 0 Å². The van der Waals surface area contributed by atoms with E-state index >= 15 is 0 Å². The second kappa shape index (κ2) is 3.59. The molecule has 2 heterocycles. The highest BCUT2D eigenvalue weighted by molar-refractivity contribution is 7.71. The van der Waals surface area contributed by atoms with E-state index in [0.717, 1.165) is 22.8 Å². The van der Waals surface area contributed by atoms with Gasteiger partial charge in [0.15, 0.2) is 0 Å². The van der Waals surface area contributed by atoms with E-state index in [2.05, 4.69) is 15.0 Å². The molecule has 1 N–H and O–H groups in total. The van der Waals surface area contributed by atoms with Crippen molar-refractivity contribution in [1.29, 1.82) is 0 Å². The molecule has 0 aliphatic heterocycles. The van der Waals surface area contributed by atoms with Gasteiger partial charge in [-0.1, -0.05) is 12.2 Å². The molecule has 72 valence electrons. The highest BCUT2D eigenvalue weighted by Gasteiger charge is 2.06. The van der Waals surface area contributed by atoms with Crippen molar-refractivity contribution in [2.24, 2.45) is 0 Å². The van der Waals surface area contributed by atoms with Gasteiger partial charge in [0.05, 0.1) is 16.9 Å². The molecule has 0 unspecified atom stereocenters.